The predicted molar refractivity (Wildman–Crippen MR) is 78.9 cm³/mol. The summed E-state index contributed by atoms with van der Waals surface area (Å²) in [7, 11) is 1.73. The topological polar surface area (TPSA) is 38.5 Å². The van der Waals surface area contributed by atoms with Crippen LogP contribution in [0, 0.1) is 5.92 Å². The second-order valence-corrected chi connectivity index (χ2v) is 5.74. The van der Waals surface area contributed by atoms with E-state index in [2.05, 4.69) is 43.0 Å². The summed E-state index contributed by atoms with van der Waals surface area (Å²) in [6, 6.07) is 9.86. The number of rotatable bonds is 5. The van der Waals surface area contributed by atoms with Gasteiger partial charge in [0.15, 0.2) is 0 Å². The van der Waals surface area contributed by atoms with Gasteiger partial charge in [-0.25, -0.2) is 0 Å². The highest BCUT2D eigenvalue weighted by atomic mass is 16.5. The van der Waals surface area contributed by atoms with Gasteiger partial charge in [-0.05, 0) is 50.4 Å². The highest BCUT2D eigenvalue weighted by Gasteiger charge is 2.35. The molecule has 1 aliphatic heterocycles. The molecule has 106 valence electrons. The van der Waals surface area contributed by atoms with Crippen LogP contribution in [0.3, 0.4) is 0 Å². The zero-order valence-electron chi connectivity index (χ0n) is 12.3. The first-order valence-electron chi connectivity index (χ1n) is 7.21. The van der Waals surface area contributed by atoms with Gasteiger partial charge in [0, 0.05) is 19.2 Å². The quantitative estimate of drug-likeness (QED) is 0.886. The van der Waals surface area contributed by atoms with Crippen molar-refractivity contribution in [2.75, 3.05) is 20.2 Å². The SMILES string of the molecule is COCc1ccc(C2C(CN)CCN2C(C)C)cc1. The van der Waals surface area contributed by atoms with Crippen molar-refractivity contribution in [2.24, 2.45) is 11.7 Å². The molecule has 3 nitrogen and oxygen atoms in total. The monoisotopic (exact) mass is 262 g/mol. The molecule has 0 aromatic heterocycles. The van der Waals surface area contributed by atoms with Crippen LogP contribution in [0.15, 0.2) is 24.3 Å². The largest absolute Gasteiger partial charge is 0.380 e. The van der Waals surface area contributed by atoms with E-state index >= 15 is 0 Å². The van der Waals surface area contributed by atoms with Crippen molar-refractivity contribution in [2.45, 2.75) is 39.0 Å². The molecule has 1 fully saturated rings. The second-order valence-electron chi connectivity index (χ2n) is 5.74. The Balaban J connectivity index is 2.20. The Hall–Kier alpha value is -0.900. The van der Waals surface area contributed by atoms with E-state index in [0.29, 0.717) is 24.6 Å². The van der Waals surface area contributed by atoms with Gasteiger partial charge in [0.25, 0.3) is 0 Å². The third kappa shape index (κ3) is 3.16. The third-order valence-electron chi connectivity index (χ3n) is 4.16. The molecule has 0 aliphatic carbocycles. The van der Waals surface area contributed by atoms with E-state index in [1.165, 1.54) is 17.5 Å². The van der Waals surface area contributed by atoms with Crippen molar-refractivity contribution in [1.82, 2.24) is 4.90 Å². The van der Waals surface area contributed by atoms with Gasteiger partial charge in [0.2, 0.25) is 0 Å². The number of ether oxygens (including phenoxy) is 1. The molecule has 3 heteroatoms. The van der Waals surface area contributed by atoms with E-state index < -0.39 is 0 Å². The zero-order chi connectivity index (χ0) is 13.8. The highest BCUT2D eigenvalue weighted by molar-refractivity contribution is 5.26. The van der Waals surface area contributed by atoms with Crippen molar-refractivity contribution in [3.05, 3.63) is 35.4 Å². The van der Waals surface area contributed by atoms with E-state index in [-0.39, 0.29) is 0 Å². The molecule has 0 spiro atoms. The van der Waals surface area contributed by atoms with Crippen LogP contribution in [0.2, 0.25) is 0 Å². The minimum atomic E-state index is 0.474. The van der Waals surface area contributed by atoms with Crippen molar-refractivity contribution in [3.8, 4) is 0 Å². The van der Waals surface area contributed by atoms with Crippen LogP contribution in [0.4, 0.5) is 0 Å². The lowest BCUT2D eigenvalue weighted by Crippen LogP contribution is -2.33. The molecule has 1 aromatic rings. The Morgan fingerprint density at radius 1 is 1.32 bits per heavy atom. The standard InChI is InChI=1S/C16H26N2O/c1-12(2)18-9-8-15(10-17)16(18)14-6-4-13(5-7-14)11-19-3/h4-7,12,15-16H,8-11,17H2,1-3H3. The highest BCUT2D eigenvalue weighted by Crippen LogP contribution is 2.38. The molecule has 2 rings (SSSR count). The molecule has 2 unspecified atom stereocenters. The lowest BCUT2D eigenvalue weighted by molar-refractivity contribution is 0.182. The van der Waals surface area contributed by atoms with Gasteiger partial charge >= 0.3 is 0 Å². The van der Waals surface area contributed by atoms with Crippen molar-refractivity contribution in [1.29, 1.82) is 0 Å². The summed E-state index contributed by atoms with van der Waals surface area (Å²) in [6.07, 6.45) is 1.21. The van der Waals surface area contributed by atoms with E-state index in [4.69, 9.17) is 10.5 Å². The van der Waals surface area contributed by atoms with Crippen LogP contribution in [-0.4, -0.2) is 31.1 Å². The lowest BCUT2D eigenvalue weighted by atomic mass is 9.93. The van der Waals surface area contributed by atoms with Crippen molar-refractivity contribution >= 4 is 0 Å². The maximum absolute atomic E-state index is 5.95. The number of benzene rings is 1. The molecule has 0 saturated carbocycles. The van der Waals surface area contributed by atoms with E-state index in [1.54, 1.807) is 7.11 Å². The number of nitrogens with two attached hydrogens (primary N) is 1. The lowest BCUT2D eigenvalue weighted by Gasteiger charge is -2.31. The minimum absolute atomic E-state index is 0.474. The normalized spacial score (nSPS) is 24.3. The fourth-order valence-electron chi connectivity index (χ4n) is 3.15. The van der Waals surface area contributed by atoms with Crippen LogP contribution in [0.1, 0.15) is 37.4 Å². The van der Waals surface area contributed by atoms with Crippen LogP contribution in [0.25, 0.3) is 0 Å². The van der Waals surface area contributed by atoms with Crippen molar-refractivity contribution < 1.29 is 4.74 Å². The molecule has 1 aromatic carbocycles. The van der Waals surface area contributed by atoms with Crippen LogP contribution >= 0.6 is 0 Å². The van der Waals surface area contributed by atoms with Crippen LogP contribution in [-0.2, 0) is 11.3 Å². The summed E-state index contributed by atoms with van der Waals surface area (Å²) in [5, 5.41) is 0. The summed E-state index contributed by atoms with van der Waals surface area (Å²) in [5.74, 6) is 0.579. The van der Waals surface area contributed by atoms with Crippen LogP contribution in [0.5, 0.6) is 0 Å². The molecule has 2 atom stereocenters. The first-order chi connectivity index (χ1) is 9.17. The molecule has 1 heterocycles. The van der Waals surface area contributed by atoms with Gasteiger partial charge in [-0.15, -0.1) is 0 Å². The number of hydrogen-bond donors (Lipinski definition) is 1. The molecule has 0 amide bonds. The zero-order valence-corrected chi connectivity index (χ0v) is 12.3. The molecule has 0 radical (unpaired) electrons. The van der Waals surface area contributed by atoms with Gasteiger partial charge in [-0.1, -0.05) is 24.3 Å². The Bertz CT molecular complexity index is 388. The van der Waals surface area contributed by atoms with E-state index in [0.717, 1.165) is 13.1 Å². The average molecular weight is 262 g/mol. The fraction of sp³-hybridized carbons (Fsp3) is 0.625. The smallest absolute Gasteiger partial charge is 0.0713 e. The molecule has 19 heavy (non-hydrogen) atoms. The molecule has 0 bridgehead atoms. The first kappa shape index (κ1) is 14.5. The average Bonchev–Trinajstić information content (AvgIpc) is 2.84. The summed E-state index contributed by atoms with van der Waals surface area (Å²) in [4.78, 5) is 2.57. The maximum atomic E-state index is 5.95. The Kier molecular flexibility index (Phi) is 4.97. The molecular weight excluding hydrogens is 236 g/mol. The molecule has 1 saturated heterocycles. The number of hydrogen-bond acceptors (Lipinski definition) is 3. The fourth-order valence-corrected chi connectivity index (χ4v) is 3.15. The van der Waals surface area contributed by atoms with Gasteiger partial charge in [0.1, 0.15) is 0 Å². The molecule has 2 N–H and O–H groups in total. The van der Waals surface area contributed by atoms with Gasteiger partial charge in [-0.3, -0.25) is 4.90 Å². The molecular formula is C16H26N2O. The third-order valence-corrected chi connectivity index (χ3v) is 4.16. The van der Waals surface area contributed by atoms with Gasteiger partial charge < -0.3 is 10.5 Å². The summed E-state index contributed by atoms with van der Waals surface area (Å²) in [6.45, 7) is 7.15. The number of likely N-dealkylation sites (tertiary alicyclic amines) is 1. The Morgan fingerprint density at radius 2 is 2.00 bits per heavy atom. The maximum Gasteiger partial charge on any atom is 0.0713 e. The Morgan fingerprint density at radius 3 is 2.53 bits per heavy atom. The molecule has 1 aliphatic rings. The summed E-state index contributed by atoms with van der Waals surface area (Å²) in [5.41, 5.74) is 8.57. The minimum Gasteiger partial charge on any atom is -0.380 e. The second kappa shape index (κ2) is 6.51. The van der Waals surface area contributed by atoms with Crippen molar-refractivity contribution in [3.63, 3.8) is 0 Å². The predicted octanol–water partition coefficient (Wildman–Crippen LogP) is 2.56. The van der Waals surface area contributed by atoms with E-state index in [9.17, 15) is 0 Å². The number of methoxy groups -OCH3 is 1. The summed E-state index contributed by atoms with van der Waals surface area (Å²) >= 11 is 0. The number of nitrogens with zero attached hydrogens (tertiary/aromatic N) is 1. The first-order valence-corrected chi connectivity index (χ1v) is 7.21. The van der Waals surface area contributed by atoms with Gasteiger partial charge in [0.05, 0.1) is 6.61 Å². The van der Waals surface area contributed by atoms with Crippen LogP contribution < -0.4 is 5.73 Å². The Labute approximate surface area is 116 Å². The van der Waals surface area contributed by atoms with Gasteiger partial charge in [-0.2, -0.15) is 0 Å². The summed E-state index contributed by atoms with van der Waals surface area (Å²) < 4.78 is 5.16. The van der Waals surface area contributed by atoms with E-state index in [1.807, 2.05) is 0 Å².